The van der Waals surface area contributed by atoms with Gasteiger partial charge in [-0.15, -0.1) is 0 Å². The number of ether oxygens (including phenoxy) is 2. The minimum absolute atomic E-state index is 0.0869. The van der Waals surface area contributed by atoms with E-state index in [1.54, 1.807) is 24.4 Å². The van der Waals surface area contributed by atoms with Crippen LogP contribution < -0.4 is 14.8 Å². The average Bonchev–Trinajstić information content (AvgIpc) is 2.98. The van der Waals surface area contributed by atoms with E-state index in [1.165, 1.54) is 11.6 Å². The molecule has 3 rings (SSSR count). The minimum atomic E-state index is -0.0869. The van der Waals surface area contributed by atoms with Crippen molar-refractivity contribution < 1.29 is 14.3 Å². The molecule has 0 saturated heterocycles. The molecular weight excluding hydrogens is 278 g/mol. The molecule has 0 aliphatic carbocycles. The summed E-state index contributed by atoms with van der Waals surface area (Å²) in [5, 5.41) is 3.15. The zero-order valence-electron chi connectivity index (χ0n) is 12.6. The first-order valence-electron chi connectivity index (χ1n) is 7.08. The third kappa shape index (κ3) is 2.96. The molecule has 0 amide bonds. The lowest BCUT2D eigenvalue weighted by molar-refractivity contribution is 0.104. The SMILES string of the molecule is Cc1ccc(C)c(N/C=C/C(=O)c2ccc3c(c2)OCO3)c1. The Morgan fingerprint density at radius 1 is 1.09 bits per heavy atom. The van der Waals surface area contributed by atoms with Crippen molar-refractivity contribution in [1.82, 2.24) is 0 Å². The van der Waals surface area contributed by atoms with Crippen LogP contribution in [0, 0.1) is 13.8 Å². The fourth-order valence-corrected chi connectivity index (χ4v) is 2.24. The zero-order chi connectivity index (χ0) is 15.5. The Kier molecular flexibility index (Phi) is 3.83. The Morgan fingerprint density at radius 2 is 1.91 bits per heavy atom. The summed E-state index contributed by atoms with van der Waals surface area (Å²) in [6.07, 6.45) is 3.17. The first kappa shape index (κ1) is 14.2. The number of carbonyl (C=O) groups excluding carboxylic acids is 1. The molecule has 22 heavy (non-hydrogen) atoms. The molecule has 0 fully saturated rings. The number of aryl methyl sites for hydroxylation is 2. The van der Waals surface area contributed by atoms with Crippen molar-refractivity contribution >= 4 is 11.5 Å². The van der Waals surface area contributed by atoms with Crippen molar-refractivity contribution in [2.45, 2.75) is 13.8 Å². The van der Waals surface area contributed by atoms with Gasteiger partial charge in [0.15, 0.2) is 17.3 Å². The molecule has 1 aliphatic heterocycles. The van der Waals surface area contributed by atoms with Gasteiger partial charge in [0.2, 0.25) is 6.79 Å². The summed E-state index contributed by atoms with van der Waals surface area (Å²) in [4.78, 5) is 12.2. The number of benzene rings is 2. The van der Waals surface area contributed by atoms with Gasteiger partial charge < -0.3 is 14.8 Å². The number of ketones is 1. The molecule has 1 heterocycles. The second-order valence-electron chi connectivity index (χ2n) is 5.23. The lowest BCUT2D eigenvalue weighted by atomic mass is 10.1. The van der Waals surface area contributed by atoms with Gasteiger partial charge in [-0.25, -0.2) is 0 Å². The highest BCUT2D eigenvalue weighted by Crippen LogP contribution is 2.32. The number of carbonyl (C=O) groups is 1. The number of allylic oxidation sites excluding steroid dienone is 1. The molecule has 0 aromatic heterocycles. The standard InChI is InChI=1S/C18H17NO3/c1-12-3-4-13(2)15(9-12)19-8-7-16(20)14-5-6-17-18(10-14)22-11-21-17/h3-10,19H,11H2,1-2H3/b8-7+. The molecule has 2 aromatic rings. The summed E-state index contributed by atoms with van der Waals surface area (Å²) in [5.74, 6) is 1.20. The zero-order valence-corrected chi connectivity index (χ0v) is 12.6. The smallest absolute Gasteiger partial charge is 0.231 e. The van der Waals surface area contributed by atoms with Crippen LogP contribution in [0.3, 0.4) is 0 Å². The lowest BCUT2D eigenvalue weighted by Gasteiger charge is -2.06. The Morgan fingerprint density at radius 3 is 2.77 bits per heavy atom. The van der Waals surface area contributed by atoms with E-state index in [0.29, 0.717) is 17.1 Å². The average molecular weight is 295 g/mol. The van der Waals surface area contributed by atoms with Crippen molar-refractivity contribution in [3.05, 3.63) is 65.4 Å². The van der Waals surface area contributed by atoms with Gasteiger partial charge >= 0.3 is 0 Å². The Hall–Kier alpha value is -2.75. The normalized spacial score (nSPS) is 12.6. The summed E-state index contributed by atoms with van der Waals surface area (Å²) in [5.41, 5.74) is 3.87. The van der Waals surface area contributed by atoms with Gasteiger partial charge in [-0.2, -0.15) is 0 Å². The first-order valence-corrected chi connectivity index (χ1v) is 7.08. The van der Waals surface area contributed by atoms with Gasteiger partial charge in [0.05, 0.1) is 0 Å². The molecule has 0 spiro atoms. The van der Waals surface area contributed by atoms with Crippen LogP contribution in [0.25, 0.3) is 0 Å². The predicted octanol–water partition coefficient (Wildman–Crippen LogP) is 3.84. The molecule has 4 nitrogen and oxygen atoms in total. The molecule has 2 aromatic carbocycles. The molecule has 0 unspecified atom stereocenters. The number of nitrogens with one attached hydrogen (secondary N) is 1. The van der Waals surface area contributed by atoms with Crippen molar-refractivity contribution in [1.29, 1.82) is 0 Å². The van der Waals surface area contributed by atoms with E-state index in [-0.39, 0.29) is 12.6 Å². The Bertz CT molecular complexity index is 750. The van der Waals surface area contributed by atoms with E-state index in [4.69, 9.17) is 9.47 Å². The van der Waals surface area contributed by atoms with E-state index in [2.05, 4.69) is 11.4 Å². The maximum absolute atomic E-state index is 12.2. The fourth-order valence-electron chi connectivity index (χ4n) is 2.24. The number of hydrogen-bond donors (Lipinski definition) is 1. The second-order valence-corrected chi connectivity index (χ2v) is 5.23. The van der Waals surface area contributed by atoms with E-state index in [0.717, 1.165) is 11.3 Å². The summed E-state index contributed by atoms with van der Waals surface area (Å²) in [6.45, 7) is 4.26. The molecule has 1 aliphatic rings. The highest BCUT2D eigenvalue weighted by Gasteiger charge is 2.14. The number of anilines is 1. The van der Waals surface area contributed by atoms with Gasteiger partial charge in [-0.3, -0.25) is 4.79 Å². The van der Waals surface area contributed by atoms with Crippen LogP contribution in [0.15, 0.2) is 48.7 Å². The molecule has 0 radical (unpaired) electrons. The molecule has 0 saturated carbocycles. The molecular formula is C18H17NO3. The van der Waals surface area contributed by atoms with Crippen LogP contribution in [0.1, 0.15) is 21.5 Å². The van der Waals surface area contributed by atoms with Gasteiger partial charge in [0.25, 0.3) is 0 Å². The van der Waals surface area contributed by atoms with Gasteiger partial charge in [-0.05, 0) is 49.2 Å². The summed E-state index contributed by atoms with van der Waals surface area (Å²) >= 11 is 0. The van der Waals surface area contributed by atoms with Gasteiger partial charge in [0.1, 0.15) is 0 Å². The Labute approximate surface area is 129 Å². The van der Waals surface area contributed by atoms with Crippen LogP contribution in [0.2, 0.25) is 0 Å². The monoisotopic (exact) mass is 295 g/mol. The van der Waals surface area contributed by atoms with Crippen LogP contribution in [0.5, 0.6) is 11.5 Å². The molecule has 1 N–H and O–H groups in total. The van der Waals surface area contributed by atoms with Gasteiger partial charge in [-0.1, -0.05) is 12.1 Å². The largest absolute Gasteiger partial charge is 0.454 e. The van der Waals surface area contributed by atoms with Crippen molar-refractivity contribution in [3.63, 3.8) is 0 Å². The quantitative estimate of drug-likeness (QED) is 0.687. The van der Waals surface area contributed by atoms with E-state index in [1.807, 2.05) is 26.0 Å². The maximum Gasteiger partial charge on any atom is 0.231 e. The van der Waals surface area contributed by atoms with E-state index < -0.39 is 0 Å². The highest BCUT2D eigenvalue weighted by atomic mass is 16.7. The topological polar surface area (TPSA) is 47.6 Å². The molecule has 0 bridgehead atoms. The van der Waals surface area contributed by atoms with Crippen molar-refractivity contribution in [3.8, 4) is 11.5 Å². The van der Waals surface area contributed by atoms with Crippen LogP contribution in [0.4, 0.5) is 5.69 Å². The lowest BCUT2D eigenvalue weighted by Crippen LogP contribution is -1.97. The number of hydrogen-bond acceptors (Lipinski definition) is 4. The summed E-state index contributed by atoms with van der Waals surface area (Å²) in [6, 6.07) is 11.3. The molecule has 112 valence electrons. The summed E-state index contributed by atoms with van der Waals surface area (Å²) in [7, 11) is 0. The Balaban J connectivity index is 1.70. The minimum Gasteiger partial charge on any atom is -0.454 e. The third-order valence-electron chi connectivity index (χ3n) is 3.52. The van der Waals surface area contributed by atoms with Crippen molar-refractivity contribution in [2.24, 2.45) is 0 Å². The maximum atomic E-state index is 12.2. The summed E-state index contributed by atoms with van der Waals surface area (Å²) < 4.78 is 10.5. The third-order valence-corrected chi connectivity index (χ3v) is 3.52. The molecule has 0 atom stereocenters. The van der Waals surface area contributed by atoms with E-state index in [9.17, 15) is 4.79 Å². The van der Waals surface area contributed by atoms with Crippen molar-refractivity contribution in [2.75, 3.05) is 12.1 Å². The second kappa shape index (κ2) is 5.93. The first-order chi connectivity index (χ1) is 10.6. The predicted molar refractivity (Wildman–Crippen MR) is 85.6 cm³/mol. The van der Waals surface area contributed by atoms with Crippen LogP contribution in [-0.4, -0.2) is 12.6 Å². The van der Waals surface area contributed by atoms with Gasteiger partial charge in [0, 0.05) is 23.5 Å². The highest BCUT2D eigenvalue weighted by molar-refractivity contribution is 6.05. The van der Waals surface area contributed by atoms with E-state index >= 15 is 0 Å². The number of fused-ring (bicyclic) bond motifs is 1. The molecule has 4 heteroatoms. The van der Waals surface area contributed by atoms with Crippen LogP contribution in [-0.2, 0) is 0 Å². The fraction of sp³-hybridized carbons (Fsp3) is 0.167. The number of rotatable bonds is 4. The van der Waals surface area contributed by atoms with Crippen LogP contribution >= 0.6 is 0 Å².